The van der Waals surface area contributed by atoms with Crippen molar-refractivity contribution >= 4 is 22.2 Å². The minimum atomic E-state index is -0.158. The summed E-state index contributed by atoms with van der Waals surface area (Å²) in [6.07, 6.45) is 1.74. The monoisotopic (exact) mass is 424 g/mol. The Kier molecular flexibility index (Phi) is 5.10. The highest BCUT2D eigenvalue weighted by Gasteiger charge is 2.18. The van der Waals surface area contributed by atoms with Gasteiger partial charge in [0.15, 0.2) is 0 Å². The first kappa shape index (κ1) is 19.3. The molecule has 0 amide bonds. The molecule has 3 aromatic heterocycles. The van der Waals surface area contributed by atoms with Gasteiger partial charge in [0.05, 0.1) is 16.8 Å². The number of aromatic amines is 1. The van der Waals surface area contributed by atoms with Crippen LogP contribution in [0.4, 0.5) is 0 Å². The van der Waals surface area contributed by atoms with Crippen molar-refractivity contribution in [3.8, 4) is 27.3 Å². The Labute approximate surface area is 183 Å². The normalized spacial score (nSPS) is 11.0. The Bertz CT molecular complexity index is 1410. The first-order chi connectivity index (χ1) is 15.2. The van der Waals surface area contributed by atoms with Gasteiger partial charge in [0.1, 0.15) is 12.4 Å². The van der Waals surface area contributed by atoms with Crippen molar-refractivity contribution < 1.29 is 4.74 Å². The van der Waals surface area contributed by atoms with Gasteiger partial charge in [-0.1, -0.05) is 48.0 Å². The van der Waals surface area contributed by atoms with E-state index in [0.29, 0.717) is 11.3 Å². The van der Waals surface area contributed by atoms with Gasteiger partial charge in [0, 0.05) is 16.5 Å². The van der Waals surface area contributed by atoms with Crippen LogP contribution in [0.25, 0.3) is 32.5 Å². The summed E-state index contributed by atoms with van der Waals surface area (Å²) in [6, 6.07) is 24.0. The van der Waals surface area contributed by atoms with Gasteiger partial charge in [-0.3, -0.25) is 9.78 Å². The fourth-order valence-electron chi connectivity index (χ4n) is 3.69. The number of aromatic nitrogens is 2. The summed E-state index contributed by atoms with van der Waals surface area (Å²) in [5.74, 6) is 0.585. The Morgan fingerprint density at radius 1 is 0.968 bits per heavy atom. The molecule has 2 aromatic carbocycles. The molecule has 0 atom stereocenters. The summed E-state index contributed by atoms with van der Waals surface area (Å²) in [5, 5.41) is 2.84. The maximum Gasteiger partial charge on any atom is 0.260 e. The van der Waals surface area contributed by atoms with E-state index in [-0.39, 0.29) is 12.2 Å². The largest absolute Gasteiger partial charge is 0.486 e. The number of nitrogens with zero attached hydrogens (tertiary/aromatic N) is 1. The molecule has 31 heavy (non-hydrogen) atoms. The number of benzene rings is 2. The molecule has 0 saturated heterocycles. The van der Waals surface area contributed by atoms with Crippen LogP contribution < -0.4 is 10.3 Å². The van der Waals surface area contributed by atoms with Gasteiger partial charge in [-0.15, -0.1) is 11.3 Å². The van der Waals surface area contributed by atoms with Crippen LogP contribution in [0.15, 0.2) is 89.2 Å². The summed E-state index contributed by atoms with van der Waals surface area (Å²) in [6.45, 7) is 2.37. The highest BCUT2D eigenvalue weighted by atomic mass is 32.1. The number of fused-ring (bicyclic) bond motifs is 1. The van der Waals surface area contributed by atoms with Crippen molar-refractivity contribution in [3.05, 3.63) is 106 Å². The first-order valence-electron chi connectivity index (χ1n) is 10.0. The number of pyridine rings is 2. The first-order valence-corrected chi connectivity index (χ1v) is 10.9. The van der Waals surface area contributed by atoms with E-state index < -0.39 is 0 Å². The van der Waals surface area contributed by atoms with Crippen LogP contribution in [0.5, 0.6) is 5.75 Å². The lowest BCUT2D eigenvalue weighted by molar-refractivity contribution is 0.306. The van der Waals surface area contributed by atoms with Gasteiger partial charge < -0.3 is 9.72 Å². The SMILES string of the molecule is Cc1cccc(-c2ccc3[nH]c(=O)c(-c4cccs4)c(OCc4ccccn4)c3c2)c1. The molecule has 1 N–H and O–H groups in total. The van der Waals surface area contributed by atoms with Crippen molar-refractivity contribution in [1.82, 2.24) is 9.97 Å². The van der Waals surface area contributed by atoms with E-state index in [1.54, 1.807) is 6.20 Å². The number of hydrogen-bond donors (Lipinski definition) is 1. The van der Waals surface area contributed by atoms with Gasteiger partial charge in [0.2, 0.25) is 0 Å². The molecule has 0 aliphatic rings. The lowest BCUT2D eigenvalue weighted by Crippen LogP contribution is -2.12. The average molecular weight is 425 g/mol. The molecule has 0 bridgehead atoms. The molecule has 5 rings (SSSR count). The van der Waals surface area contributed by atoms with Gasteiger partial charge in [-0.25, -0.2) is 0 Å². The summed E-state index contributed by atoms with van der Waals surface area (Å²) < 4.78 is 6.28. The van der Waals surface area contributed by atoms with Crippen molar-refractivity contribution in [2.75, 3.05) is 0 Å². The Morgan fingerprint density at radius 2 is 1.87 bits per heavy atom. The summed E-state index contributed by atoms with van der Waals surface area (Å²) in [7, 11) is 0. The highest BCUT2D eigenvalue weighted by molar-refractivity contribution is 7.13. The molecule has 0 fully saturated rings. The molecule has 4 nitrogen and oxygen atoms in total. The molecular formula is C26H20N2O2S. The smallest absolute Gasteiger partial charge is 0.260 e. The van der Waals surface area contributed by atoms with Gasteiger partial charge in [0.25, 0.3) is 5.56 Å². The predicted molar refractivity (Wildman–Crippen MR) is 127 cm³/mol. The van der Waals surface area contributed by atoms with Crippen molar-refractivity contribution in [3.63, 3.8) is 0 Å². The Morgan fingerprint density at radius 3 is 2.65 bits per heavy atom. The maximum absolute atomic E-state index is 13.0. The van der Waals surface area contributed by atoms with Crippen molar-refractivity contribution in [2.45, 2.75) is 13.5 Å². The molecule has 0 aliphatic carbocycles. The summed E-state index contributed by atoms with van der Waals surface area (Å²) >= 11 is 1.52. The number of rotatable bonds is 5. The minimum absolute atomic E-state index is 0.158. The zero-order valence-corrected chi connectivity index (χ0v) is 17.8. The molecule has 0 radical (unpaired) electrons. The number of H-pyrrole nitrogens is 1. The molecule has 0 aliphatic heterocycles. The van der Waals surface area contributed by atoms with Crippen LogP contribution >= 0.6 is 11.3 Å². The second-order valence-corrected chi connectivity index (χ2v) is 8.32. The number of hydrogen-bond acceptors (Lipinski definition) is 4. The molecule has 0 spiro atoms. The summed E-state index contributed by atoms with van der Waals surface area (Å²) in [4.78, 5) is 21.3. The number of ether oxygens (including phenoxy) is 1. The fourth-order valence-corrected chi connectivity index (χ4v) is 4.46. The molecule has 3 heterocycles. The van der Waals surface area contributed by atoms with Gasteiger partial charge in [-0.2, -0.15) is 0 Å². The zero-order valence-electron chi connectivity index (χ0n) is 17.0. The van der Waals surface area contributed by atoms with Gasteiger partial charge in [-0.05, 0) is 53.8 Å². The molecule has 0 unspecified atom stereocenters. The topological polar surface area (TPSA) is 55.0 Å². The predicted octanol–water partition coefficient (Wildman–Crippen LogP) is 6.21. The Hall–Kier alpha value is -3.70. The standard InChI is InChI=1S/C26H20N2O2S/c1-17-6-4-7-18(14-17)19-10-11-22-21(15-19)25(30-16-20-8-2-3-12-27-20)24(26(29)28-22)23-9-5-13-31-23/h2-15H,16H2,1H3,(H,28,29). The lowest BCUT2D eigenvalue weighted by atomic mass is 10.00. The number of thiophene rings is 1. The number of nitrogens with one attached hydrogen (secondary N) is 1. The molecule has 0 saturated carbocycles. The molecular weight excluding hydrogens is 404 g/mol. The maximum atomic E-state index is 13.0. The third-order valence-corrected chi connectivity index (χ3v) is 6.06. The summed E-state index contributed by atoms with van der Waals surface area (Å²) in [5.41, 5.74) is 5.35. The van der Waals surface area contributed by atoms with E-state index >= 15 is 0 Å². The second-order valence-electron chi connectivity index (χ2n) is 7.38. The van der Waals surface area contributed by atoms with Crippen molar-refractivity contribution in [2.24, 2.45) is 0 Å². The van der Waals surface area contributed by atoms with E-state index in [2.05, 4.69) is 47.2 Å². The van der Waals surface area contributed by atoms with Crippen molar-refractivity contribution in [1.29, 1.82) is 0 Å². The van der Waals surface area contributed by atoms with Crippen LogP contribution in [-0.4, -0.2) is 9.97 Å². The molecule has 152 valence electrons. The van der Waals surface area contributed by atoms with Crippen LogP contribution in [0.2, 0.25) is 0 Å². The fraction of sp³-hybridized carbons (Fsp3) is 0.0769. The Balaban J connectivity index is 1.70. The van der Waals surface area contributed by atoms with Gasteiger partial charge >= 0.3 is 0 Å². The van der Waals surface area contributed by atoms with E-state index in [0.717, 1.165) is 32.6 Å². The van der Waals surface area contributed by atoms with E-state index in [1.165, 1.54) is 16.9 Å². The quantitative estimate of drug-likeness (QED) is 0.365. The average Bonchev–Trinajstić information content (AvgIpc) is 3.32. The van der Waals surface area contributed by atoms with Crippen LogP contribution in [0.3, 0.4) is 0 Å². The highest BCUT2D eigenvalue weighted by Crippen LogP contribution is 2.37. The third-order valence-electron chi connectivity index (χ3n) is 5.18. The molecule has 5 heteroatoms. The molecule has 5 aromatic rings. The van der Waals surface area contributed by atoms with E-state index in [9.17, 15) is 4.79 Å². The van der Waals surface area contributed by atoms with E-state index in [4.69, 9.17) is 4.74 Å². The van der Waals surface area contributed by atoms with Crippen LogP contribution in [-0.2, 0) is 6.61 Å². The second kappa shape index (κ2) is 8.20. The lowest BCUT2D eigenvalue weighted by Gasteiger charge is -2.14. The van der Waals surface area contributed by atoms with Crippen LogP contribution in [0.1, 0.15) is 11.3 Å². The third kappa shape index (κ3) is 3.88. The number of aryl methyl sites for hydroxylation is 1. The minimum Gasteiger partial charge on any atom is -0.486 e. The zero-order chi connectivity index (χ0) is 21.2. The van der Waals surface area contributed by atoms with Crippen LogP contribution in [0, 0.1) is 6.92 Å². The van der Waals surface area contributed by atoms with E-state index in [1.807, 2.05) is 47.8 Å².